The van der Waals surface area contributed by atoms with Gasteiger partial charge in [-0.1, -0.05) is 30.3 Å². The molecule has 1 aliphatic carbocycles. The van der Waals surface area contributed by atoms with E-state index in [-0.39, 0.29) is 17.7 Å². The molecule has 0 unspecified atom stereocenters. The number of amides is 2. The summed E-state index contributed by atoms with van der Waals surface area (Å²) in [6, 6.07) is 11.3. The largest absolute Gasteiger partial charge is 0.344 e. The second kappa shape index (κ2) is 9.02. The Hall–Kier alpha value is -3.73. The molecular weight excluding hydrogens is 416 g/mol. The van der Waals surface area contributed by atoms with Gasteiger partial charge < -0.3 is 15.2 Å². The van der Waals surface area contributed by atoms with E-state index < -0.39 is 6.04 Å². The van der Waals surface area contributed by atoms with Gasteiger partial charge in [0.05, 0.1) is 23.5 Å². The number of hydrogen-bond donors (Lipinski definition) is 2. The summed E-state index contributed by atoms with van der Waals surface area (Å²) >= 11 is 0. The van der Waals surface area contributed by atoms with E-state index in [1.165, 1.54) is 0 Å². The minimum Gasteiger partial charge on any atom is -0.344 e. The molecule has 8 heteroatoms. The Balaban J connectivity index is 1.38. The first-order valence-electron chi connectivity index (χ1n) is 11.5. The number of rotatable bonds is 6. The van der Waals surface area contributed by atoms with Crippen molar-refractivity contribution in [1.82, 2.24) is 25.2 Å². The molecule has 0 spiro atoms. The predicted molar refractivity (Wildman–Crippen MR) is 122 cm³/mol. The second-order valence-electron chi connectivity index (χ2n) is 8.91. The fourth-order valence-electron chi connectivity index (χ4n) is 4.39. The molecule has 5 rings (SSSR count). The summed E-state index contributed by atoms with van der Waals surface area (Å²) in [5, 5.41) is 12.1. The number of hydrogen-bond acceptors (Lipinski definition) is 5. The summed E-state index contributed by atoms with van der Waals surface area (Å²) in [6.45, 7) is 1.06. The first-order valence-corrected chi connectivity index (χ1v) is 11.5. The van der Waals surface area contributed by atoms with Crippen molar-refractivity contribution in [2.24, 2.45) is 5.92 Å². The van der Waals surface area contributed by atoms with Gasteiger partial charge in [-0.15, -0.1) is 0 Å². The van der Waals surface area contributed by atoms with E-state index in [1.54, 1.807) is 17.3 Å². The molecule has 1 saturated heterocycles. The number of carbonyl (C=O) groups excluding carboxylic acids is 2. The van der Waals surface area contributed by atoms with E-state index in [2.05, 4.69) is 26.3 Å². The number of likely N-dealkylation sites (tertiary alicyclic amines) is 1. The molecule has 1 atom stereocenters. The van der Waals surface area contributed by atoms with Gasteiger partial charge in [-0.2, -0.15) is 5.26 Å². The van der Waals surface area contributed by atoms with E-state index >= 15 is 0 Å². The summed E-state index contributed by atoms with van der Waals surface area (Å²) in [5.41, 5.74) is 3.38. The maximum atomic E-state index is 13.4. The highest BCUT2D eigenvalue weighted by Gasteiger charge is 2.31. The second-order valence-corrected chi connectivity index (χ2v) is 8.91. The molecule has 0 bridgehead atoms. The number of nitriles is 1. The van der Waals surface area contributed by atoms with E-state index in [0.717, 1.165) is 24.1 Å². The van der Waals surface area contributed by atoms with Gasteiger partial charge in [-0.3, -0.25) is 9.59 Å². The lowest BCUT2D eigenvalue weighted by Gasteiger charge is -2.32. The Bertz CT molecular complexity index is 1200. The van der Waals surface area contributed by atoms with Gasteiger partial charge in [0.1, 0.15) is 11.6 Å². The number of nitrogens with zero attached hydrogens (tertiary/aromatic N) is 4. The molecule has 2 N–H and O–H groups in total. The van der Waals surface area contributed by atoms with Crippen LogP contribution in [0.1, 0.15) is 53.2 Å². The zero-order valence-electron chi connectivity index (χ0n) is 18.3. The Kier molecular flexibility index (Phi) is 5.78. The molecule has 2 aliphatic rings. The lowest BCUT2D eigenvalue weighted by Crippen LogP contribution is -2.51. The van der Waals surface area contributed by atoms with E-state index in [1.807, 2.05) is 30.3 Å². The summed E-state index contributed by atoms with van der Waals surface area (Å²) in [7, 11) is 0. The van der Waals surface area contributed by atoms with Crippen LogP contribution in [0.15, 0.2) is 42.7 Å². The highest BCUT2D eigenvalue weighted by molar-refractivity contribution is 6.06. The SMILES string of the molecule is N#CC1CCN(C(=O)[C@@H](Cc2ccccc2)NC(=O)c2c[nH]c3ncc(C4CC4)nc23)CC1. The van der Waals surface area contributed by atoms with Crippen molar-refractivity contribution in [3.05, 3.63) is 59.5 Å². The van der Waals surface area contributed by atoms with Crippen molar-refractivity contribution < 1.29 is 9.59 Å². The molecule has 8 nitrogen and oxygen atoms in total. The summed E-state index contributed by atoms with van der Waals surface area (Å²) < 4.78 is 0. The lowest BCUT2D eigenvalue weighted by atomic mass is 9.97. The van der Waals surface area contributed by atoms with Crippen LogP contribution in [0.4, 0.5) is 0 Å². The van der Waals surface area contributed by atoms with Crippen molar-refractivity contribution in [2.75, 3.05) is 13.1 Å². The number of benzene rings is 1. The highest BCUT2D eigenvalue weighted by atomic mass is 16.2. The number of aromatic amines is 1. The molecule has 1 aromatic carbocycles. The van der Waals surface area contributed by atoms with Gasteiger partial charge in [-0.05, 0) is 31.2 Å². The van der Waals surface area contributed by atoms with Crippen LogP contribution in [0, 0.1) is 17.2 Å². The molecule has 33 heavy (non-hydrogen) atoms. The maximum absolute atomic E-state index is 13.4. The fraction of sp³-hybridized carbons (Fsp3) is 0.400. The molecule has 2 amide bonds. The monoisotopic (exact) mass is 442 g/mol. The minimum absolute atomic E-state index is 0.0123. The van der Waals surface area contributed by atoms with Crippen LogP contribution in [-0.2, 0) is 11.2 Å². The molecule has 3 heterocycles. The zero-order valence-corrected chi connectivity index (χ0v) is 18.3. The number of fused-ring (bicyclic) bond motifs is 1. The third-order valence-corrected chi connectivity index (χ3v) is 6.51. The minimum atomic E-state index is -0.706. The van der Waals surface area contributed by atoms with Gasteiger partial charge in [-0.25, -0.2) is 9.97 Å². The Morgan fingerprint density at radius 1 is 1.18 bits per heavy atom. The standard InChI is InChI=1S/C25H26N6O2/c26-13-17-8-10-31(11-9-17)25(33)20(12-16-4-2-1-3-5-16)30-24(32)19-14-27-23-22(19)29-21(15-28-23)18-6-7-18/h1-5,14-15,17-18,20H,6-12H2,(H,27,28)(H,30,32)/t20-/m1/s1. The molecule has 0 radical (unpaired) electrons. The first-order chi connectivity index (χ1) is 16.1. The molecule has 168 valence electrons. The smallest absolute Gasteiger partial charge is 0.255 e. The average Bonchev–Trinajstić information content (AvgIpc) is 3.62. The molecule has 2 aromatic heterocycles. The average molecular weight is 443 g/mol. The van der Waals surface area contributed by atoms with Gasteiger partial charge in [0, 0.05) is 37.5 Å². The molecular formula is C25H26N6O2. The van der Waals surface area contributed by atoms with Gasteiger partial charge in [0.25, 0.3) is 5.91 Å². The van der Waals surface area contributed by atoms with Crippen molar-refractivity contribution in [3.8, 4) is 6.07 Å². The molecule has 3 aromatic rings. The van der Waals surface area contributed by atoms with Crippen LogP contribution < -0.4 is 5.32 Å². The lowest BCUT2D eigenvalue weighted by molar-refractivity contribution is -0.134. The van der Waals surface area contributed by atoms with Crippen LogP contribution >= 0.6 is 0 Å². The summed E-state index contributed by atoms with van der Waals surface area (Å²) in [5.74, 6) is -0.0454. The zero-order chi connectivity index (χ0) is 22.8. The molecule has 2 fully saturated rings. The number of nitrogens with one attached hydrogen (secondary N) is 2. The van der Waals surface area contributed by atoms with Crippen LogP contribution in [0.2, 0.25) is 0 Å². The molecule has 1 saturated carbocycles. The predicted octanol–water partition coefficient (Wildman–Crippen LogP) is 2.94. The van der Waals surface area contributed by atoms with Crippen molar-refractivity contribution in [1.29, 1.82) is 5.26 Å². The fourth-order valence-corrected chi connectivity index (χ4v) is 4.39. The Labute approximate surface area is 192 Å². The van der Waals surface area contributed by atoms with Crippen LogP contribution in [-0.4, -0.2) is 50.8 Å². The van der Waals surface area contributed by atoms with Crippen LogP contribution in [0.25, 0.3) is 11.2 Å². The highest BCUT2D eigenvalue weighted by Crippen LogP contribution is 2.39. The maximum Gasteiger partial charge on any atom is 0.255 e. The Morgan fingerprint density at radius 2 is 1.94 bits per heavy atom. The number of H-pyrrole nitrogens is 1. The summed E-state index contributed by atoms with van der Waals surface area (Å²) in [4.78, 5) is 40.6. The van der Waals surface area contributed by atoms with Gasteiger partial charge >= 0.3 is 0 Å². The molecule has 1 aliphatic heterocycles. The van der Waals surface area contributed by atoms with E-state index in [9.17, 15) is 9.59 Å². The number of piperidine rings is 1. The number of carbonyl (C=O) groups is 2. The normalized spacial score (nSPS) is 17.5. The summed E-state index contributed by atoms with van der Waals surface area (Å²) in [6.07, 6.45) is 7.30. The van der Waals surface area contributed by atoms with Gasteiger partial charge in [0.2, 0.25) is 5.91 Å². The third kappa shape index (κ3) is 4.58. The van der Waals surface area contributed by atoms with Crippen molar-refractivity contribution in [3.63, 3.8) is 0 Å². The topological polar surface area (TPSA) is 115 Å². The van der Waals surface area contributed by atoms with E-state index in [0.29, 0.717) is 55.0 Å². The number of aromatic nitrogens is 3. The Morgan fingerprint density at radius 3 is 2.64 bits per heavy atom. The van der Waals surface area contributed by atoms with Crippen LogP contribution in [0.3, 0.4) is 0 Å². The van der Waals surface area contributed by atoms with Crippen LogP contribution in [0.5, 0.6) is 0 Å². The first kappa shape index (κ1) is 21.1. The van der Waals surface area contributed by atoms with Crippen molar-refractivity contribution >= 4 is 23.0 Å². The third-order valence-electron chi connectivity index (χ3n) is 6.51. The van der Waals surface area contributed by atoms with E-state index in [4.69, 9.17) is 5.26 Å². The van der Waals surface area contributed by atoms with Crippen molar-refractivity contribution in [2.45, 2.75) is 44.1 Å². The van der Waals surface area contributed by atoms with Gasteiger partial charge in [0.15, 0.2) is 5.65 Å². The quantitative estimate of drug-likeness (QED) is 0.609.